The fourth-order valence-electron chi connectivity index (χ4n) is 1.71. The topological polar surface area (TPSA) is 97.4 Å². The second-order valence-electron chi connectivity index (χ2n) is 5.17. The minimum atomic E-state index is -0.682. The first-order chi connectivity index (χ1) is 11.4. The number of nitrogens with zero attached hydrogens (tertiary/aromatic N) is 1. The lowest BCUT2D eigenvalue weighted by atomic mass is 10.3. The number of imide groups is 1. The molecule has 2 aromatic rings. The van der Waals surface area contributed by atoms with Crippen molar-refractivity contribution in [3.8, 4) is 10.6 Å². The van der Waals surface area contributed by atoms with Gasteiger partial charge in [0, 0.05) is 22.4 Å². The molecule has 2 rings (SSSR count). The van der Waals surface area contributed by atoms with Crippen LogP contribution < -0.4 is 10.6 Å². The Balaban J connectivity index is 1.75. The molecule has 0 saturated heterocycles. The summed E-state index contributed by atoms with van der Waals surface area (Å²) >= 11 is 3.02. The Morgan fingerprint density at radius 2 is 2.08 bits per heavy atom. The number of rotatable bonds is 6. The lowest BCUT2D eigenvalue weighted by Gasteiger charge is -2.09. The van der Waals surface area contributed by atoms with E-state index in [4.69, 9.17) is 4.74 Å². The van der Waals surface area contributed by atoms with Crippen LogP contribution in [0.5, 0.6) is 0 Å². The van der Waals surface area contributed by atoms with E-state index < -0.39 is 24.5 Å². The molecule has 128 valence electrons. The predicted octanol–water partition coefficient (Wildman–Crippen LogP) is 2.19. The molecule has 2 N–H and O–H groups in total. The van der Waals surface area contributed by atoms with E-state index in [2.05, 4.69) is 15.6 Å². The van der Waals surface area contributed by atoms with Crippen LogP contribution in [0.25, 0.3) is 10.6 Å². The number of thiazole rings is 1. The van der Waals surface area contributed by atoms with Gasteiger partial charge in [-0.15, -0.1) is 11.3 Å². The maximum atomic E-state index is 11.7. The Morgan fingerprint density at radius 1 is 1.29 bits per heavy atom. The SMILES string of the molecule is CC(C)NC(=O)NC(=O)COC(=O)Cc1csc(-c2ccsc2)n1. The maximum Gasteiger partial charge on any atom is 0.321 e. The molecule has 9 heteroatoms. The summed E-state index contributed by atoms with van der Waals surface area (Å²) in [5, 5.41) is 11.1. The largest absolute Gasteiger partial charge is 0.455 e. The molecule has 0 aliphatic heterocycles. The highest BCUT2D eigenvalue weighted by Crippen LogP contribution is 2.25. The molecular weight excluding hydrogens is 350 g/mol. The van der Waals surface area contributed by atoms with E-state index in [9.17, 15) is 14.4 Å². The maximum absolute atomic E-state index is 11.7. The van der Waals surface area contributed by atoms with Crippen LogP contribution in [-0.4, -0.2) is 35.5 Å². The van der Waals surface area contributed by atoms with Crippen LogP contribution in [0.3, 0.4) is 0 Å². The Hall–Kier alpha value is -2.26. The average Bonchev–Trinajstić information content (AvgIpc) is 3.14. The molecule has 0 unspecified atom stereocenters. The average molecular weight is 367 g/mol. The Morgan fingerprint density at radius 3 is 2.75 bits per heavy atom. The fraction of sp³-hybridized carbons (Fsp3) is 0.333. The molecule has 0 atom stereocenters. The van der Waals surface area contributed by atoms with Crippen LogP contribution in [0.1, 0.15) is 19.5 Å². The number of carbonyl (C=O) groups is 3. The molecule has 0 aromatic carbocycles. The second kappa shape index (κ2) is 8.55. The van der Waals surface area contributed by atoms with Crippen LogP contribution in [0, 0.1) is 0 Å². The molecule has 0 aliphatic rings. The van der Waals surface area contributed by atoms with Crippen molar-refractivity contribution in [1.82, 2.24) is 15.6 Å². The van der Waals surface area contributed by atoms with Crippen LogP contribution in [0.15, 0.2) is 22.2 Å². The summed E-state index contributed by atoms with van der Waals surface area (Å²) in [4.78, 5) is 38.9. The minimum absolute atomic E-state index is 0.0217. The normalized spacial score (nSPS) is 10.5. The summed E-state index contributed by atoms with van der Waals surface area (Å²) in [6.07, 6.45) is -0.0217. The zero-order valence-electron chi connectivity index (χ0n) is 13.2. The number of esters is 1. The van der Waals surface area contributed by atoms with Gasteiger partial charge in [0.2, 0.25) is 0 Å². The lowest BCUT2D eigenvalue weighted by molar-refractivity contribution is -0.147. The summed E-state index contributed by atoms with van der Waals surface area (Å²) in [6, 6.07) is 1.24. The molecule has 0 saturated carbocycles. The van der Waals surface area contributed by atoms with Gasteiger partial charge in [-0.3, -0.25) is 14.9 Å². The summed E-state index contributed by atoms with van der Waals surface area (Å²) in [5.74, 6) is -1.25. The van der Waals surface area contributed by atoms with Crippen LogP contribution in [0.2, 0.25) is 0 Å². The van der Waals surface area contributed by atoms with Gasteiger partial charge in [0.05, 0.1) is 12.1 Å². The van der Waals surface area contributed by atoms with Crippen LogP contribution in [-0.2, 0) is 20.7 Å². The van der Waals surface area contributed by atoms with Crippen molar-refractivity contribution in [2.24, 2.45) is 0 Å². The lowest BCUT2D eigenvalue weighted by Crippen LogP contribution is -2.44. The van der Waals surface area contributed by atoms with Crippen molar-refractivity contribution in [2.75, 3.05) is 6.61 Å². The molecule has 2 aromatic heterocycles. The van der Waals surface area contributed by atoms with Crippen molar-refractivity contribution in [2.45, 2.75) is 26.3 Å². The number of aromatic nitrogens is 1. The molecule has 0 fully saturated rings. The smallest absolute Gasteiger partial charge is 0.321 e. The van der Waals surface area contributed by atoms with Gasteiger partial charge in [-0.05, 0) is 25.3 Å². The third kappa shape index (κ3) is 5.74. The molecule has 24 heavy (non-hydrogen) atoms. The van der Waals surface area contributed by atoms with E-state index in [1.165, 1.54) is 11.3 Å². The first-order valence-electron chi connectivity index (χ1n) is 7.17. The number of thiophene rings is 1. The number of amides is 3. The van der Waals surface area contributed by atoms with Gasteiger partial charge in [-0.2, -0.15) is 11.3 Å². The number of nitrogens with one attached hydrogen (secondary N) is 2. The zero-order chi connectivity index (χ0) is 17.5. The Kier molecular flexibility index (Phi) is 6.44. The highest BCUT2D eigenvalue weighted by molar-refractivity contribution is 7.14. The van der Waals surface area contributed by atoms with Gasteiger partial charge in [-0.1, -0.05) is 0 Å². The summed E-state index contributed by atoms with van der Waals surface area (Å²) in [6.45, 7) is 3.02. The van der Waals surface area contributed by atoms with Gasteiger partial charge in [0.1, 0.15) is 5.01 Å². The molecular formula is C15H17N3O4S2. The van der Waals surface area contributed by atoms with Gasteiger partial charge < -0.3 is 10.1 Å². The number of carbonyl (C=O) groups excluding carboxylic acids is 3. The molecule has 3 amide bonds. The van der Waals surface area contributed by atoms with Gasteiger partial charge in [0.15, 0.2) is 6.61 Å². The van der Waals surface area contributed by atoms with Crippen molar-refractivity contribution in [3.05, 3.63) is 27.9 Å². The van der Waals surface area contributed by atoms with Gasteiger partial charge in [0.25, 0.3) is 5.91 Å². The highest BCUT2D eigenvalue weighted by atomic mass is 32.1. The van der Waals surface area contributed by atoms with E-state index in [0.29, 0.717) is 5.69 Å². The van der Waals surface area contributed by atoms with Crippen molar-refractivity contribution >= 4 is 40.6 Å². The first kappa shape index (κ1) is 18.1. The summed E-state index contributed by atoms with van der Waals surface area (Å²) in [5.41, 5.74) is 1.60. The third-order valence-electron chi connectivity index (χ3n) is 2.68. The number of ether oxygens (including phenoxy) is 1. The van der Waals surface area contributed by atoms with Crippen LogP contribution >= 0.6 is 22.7 Å². The molecule has 0 bridgehead atoms. The Bertz CT molecular complexity index is 710. The first-order valence-corrected chi connectivity index (χ1v) is 8.99. The number of urea groups is 1. The van der Waals surface area contributed by atoms with Crippen molar-refractivity contribution < 1.29 is 19.1 Å². The molecule has 0 spiro atoms. The third-order valence-corrected chi connectivity index (χ3v) is 4.31. The summed E-state index contributed by atoms with van der Waals surface area (Å²) < 4.78 is 4.85. The zero-order valence-corrected chi connectivity index (χ0v) is 14.8. The number of hydrogen-bond donors (Lipinski definition) is 2. The fourth-order valence-corrected chi connectivity index (χ4v) is 3.24. The highest BCUT2D eigenvalue weighted by Gasteiger charge is 2.14. The standard InChI is InChI=1S/C15H17N3O4S2/c1-9(2)16-15(21)18-12(19)6-22-13(20)5-11-8-24-14(17-11)10-3-4-23-7-10/h3-4,7-9H,5-6H2,1-2H3,(H2,16,18,19,21). The van der Waals surface area contributed by atoms with E-state index in [0.717, 1.165) is 10.6 Å². The van der Waals surface area contributed by atoms with Crippen molar-refractivity contribution in [1.29, 1.82) is 0 Å². The minimum Gasteiger partial charge on any atom is -0.455 e. The summed E-state index contributed by atoms with van der Waals surface area (Å²) in [7, 11) is 0. The van der Waals surface area contributed by atoms with E-state index >= 15 is 0 Å². The molecule has 0 radical (unpaired) electrons. The van der Waals surface area contributed by atoms with Crippen LogP contribution in [0.4, 0.5) is 4.79 Å². The molecule has 7 nitrogen and oxygen atoms in total. The quantitative estimate of drug-likeness (QED) is 0.763. The second-order valence-corrected chi connectivity index (χ2v) is 6.81. The van der Waals surface area contributed by atoms with Gasteiger partial charge in [-0.25, -0.2) is 9.78 Å². The molecule has 0 aliphatic carbocycles. The predicted molar refractivity (Wildman–Crippen MR) is 91.9 cm³/mol. The van der Waals surface area contributed by atoms with E-state index in [-0.39, 0.29) is 12.5 Å². The van der Waals surface area contributed by atoms with Gasteiger partial charge >= 0.3 is 12.0 Å². The Labute approximate surface area is 147 Å². The van der Waals surface area contributed by atoms with E-state index in [1.807, 2.05) is 16.8 Å². The van der Waals surface area contributed by atoms with E-state index in [1.54, 1.807) is 30.6 Å². The monoisotopic (exact) mass is 367 g/mol. The molecule has 2 heterocycles. The number of hydrogen-bond acceptors (Lipinski definition) is 7. The van der Waals surface area contributed by atoms with Crippen molar-refractivity contribution in [3.63, 3.8) is 0 Å².